The number of rotatable bonds is 4. The number of allylic oxidation sites excluding steroid dienone is 1. The molecule has 1 aromatic rings. The number of nitrogens with two attached hydrogens (primary N) is 1. The lowest BCUT2D eigenvalue weighted by Gasteiger charge is -2.00. The Balaban J connectivity index is 2.53. The molecule has 0 aliphatic rings. The minimum absolute atomic E-state index is 0.0961. The Labute approximate surface area is 98.7 Å². The van der Waals surface area contributed by atoms with Gasteiger partial charge >= 0.3 is 0 Å². The molecule has 86 valence electrons. The lowest BCUT2D eigenvalue weighted by Crippen LogP contribution is -1.92. The van der Waals surface area contributed by atoms with E-state index < -0.39 is 0 Å². The fourth-order valence-corrected chi connectivity index (χ4v) is 1.74. The first-order valence-electron chi connectivity index (χ1n) is 4.95. The predicted molar refractivity (Wildman–Crippen MR) is 67.6 cm³/mol. The van der Waals surface area contributed by atoms with Gasteiger partial charge in [0.05, 0.1) is 0 Å². The van der Waals surface area contributed by atoms with E-state index in [1.54, 1.807) is 18.2 Å². The Hall–Kier alpha value is -1.29. The van der Waals surface area contributed by atoms with E-state index in [0.29, 0.717) is 17.0 Å². The van der Waals surface area contributed by atoms with Crippen molar-refractivity contribution in [3.05, 3.63) is 35.7 Å². The molecule has 0 aliphatic carbocycles. The van der Waals surface area contributed by atoms with Gasteiger partial charge < -0.3 is 5.73 Å². The quantitative estimate of drug-likeness (QED) is 0.648. The first-order chi connectivity index (χ1) is 7.61. The molecule has 16 heavy (non-hydrogen) atoms. The Morgan fingerprint density at radius 2 is 2.31 bits per heavy atom. The molecule has 4 heteroatoms. The Bertz CT molecular complexity index is 384. The van der Waals surface area contributed by atoms with Crippen molar-refractivity contribution < 1.29 is 9.18 Å². The Kier molecular flexibility index (Phi) is 5.05. The maximum Gasteiger partial charge on any atom is 0.185 e. The second-order valence-electron chi connectivity index (χ2n) is 3.27. The summed E-state index contributed by atoms with van der Waals surface area (Å²) < 4.78 is 13.3. The van der Waals surface area contributed by atoms with E-state index in [1.165, 1.54) is 24.8 Å². The zero-order chi connectivity index (χ0) is 12.0. The summed E-state index contributed by atoms with van der Waals surface area (Å²) in [5.74, 6) is 0.385. The summed E-state index contributed by atoms with van der Waals surface area (Å²) in [6.07, 6.45) is 4.20. The number of nitrogen functional groups attached to an aromatic ring is 1. The number of hydrogen-bond donors (Lipinski definition) is 1. The number of carbonyl (C=O) groups is 1. The van der Waals surface area contributed by atoms with Crippen LogP contribution in [0.5, 0.6) is 0 Å². The van der Waals surface area contributed by atoms with E-state index in [0.717, 1.165) is 6.42 Å². The lowest BCUT2D eigenvalue weighted by molar-refractivity contribution is -0.109. The van der Waals surface area contributed by atoms with Gasteiger partial charge in [-0.1, -0.05) is 30.0 Å². The van der Waals surface area contributed by atoms with Gasteiger partial charge in [-0.05, 0) is 18.6 Å². The average molecular weight is 239 g/mol. The van der Waals surface area contributed by atoms with Crippen LogP contribution in [0, 0.1) is 5.82 Å². The summed E-state index contributed by atoms with van der Waals surface area (Å²) in [5, 5.41) is 0.0961. The molecule has 0 unspecified atom stereocenters. The normalized spacial score (nSPS) is 10.9. The highest BCUT2D eigenvalue weighted by Gasteiger charge is 2.01. The summed E-state index contributed by atoms with van der Waals surface area (Å²) in [7, 11) is 0. The maximum atomic E-state index is 13.3. The molecule has 0 spiro atoms. The molecule has 1 aromatic carbocycles. The Morgan fingerprint density at radius 1 is 1.56 bits per heavy atom. The van der Waals surface area contributed by atoms with Crippen molar-refractivity contribution in [1.29, 1.82) is 0 Å². The number of thioether (sulfide) groups is 1. The predicted octanol–water partition coefficient (Wildman–Crippen LogP) is 3.09. The molecule has 0 amide bonds. The molecule has 0 bridgehead atoms. The van der Waals surface area contributed by atoms with Gasteiger partial charge in [-0.25, -0.2) is 4.39 Å². The fourth-order valence-electron chi connectivity index (χ4n) is 1.20. The monoisotopic (exact) mass is 239 g/mol. The van der Waals surface area contributed by atoms with E-state index >= 15 is 0 Å². The second-order valence-corrected chi connectivity index (χ2v) is 4.55. The first-order valence-corrected chi connectivity index (χ1v) is 5.93. The average Bonchev–Trinajstić information content (AvgIpc) is 2.21. The van der Waals surface area contributed by atoms with E-state index in [1.807, 2.05) is 6.08 Å². The van der Waals surface area contributed by atoms with Gasteiger partial charge in [-0.2, -0.15) is 0 Å². The third-order valence-corrected chi connectivity index (χ3v) is 2.81. The summed E-state index contributed by atoms with van der Waals surface area (Å²) in [6.45, 7) is 1.53. The summed E-state index contributed by atoms with van der Waals surface area (Å²) in [5.41, 5.74) is 6.47. The van der Waals surface area contributed by atoms with Gasteiger partial charge in [0, 0.05) is 23.9 Å². The van der Waals surface area contributed by atoms with Crippen molar-refractivity contribution in [3.8, 4) is 0 Å². The van der Waals surface area contributed by atoms with Crippen molar-refractivity contribution >= 4 is 28.6 Å². The summed E-state index contributed by atoms with van der Waals surface area (Å²) in [4.78, 5) is 10.6. The third-order valence-electron chi connectivity index (χ3n) is 1.96. The van der Waals surface area contributed by atoms with E-state index in [-0.39, 0.29) is 10.9 Å². The van der Waals surface area contributed by atoms with Crippen molar-refractivity contribution in [1.82, 2.24) is 0 Å². The zero-order valence-electron chi connectivity index (χ0n) is 9.07. The van der Waals surface area contributed by atoms with Crippen LogP contribution in [0.25, 0.3) is 6.08 Å². The van der Waals surface area contributed by atoms with Crippen molar-refractivity contribution in [2.45, 2.75) is 13.3 Å². The van der Waals surface area contributed by atoms with E-state index in [4.69, 9.17) is 5.73 Å². The van der Waals surface area contributed by atoms with E-state index in [2.05, 4.69) is 0 Å². The van der Waals surface area contributed by atoms with Crippen molar-refractivity contribution in [2.75, 3.05) is 11.5 Å². The molecule has 0 radical (unpaired) electrons. The zero-order valence-corrected chi connectivity index (χ0v) is 9.89. The van der Waals surface area contributed by atoms with Crippen LogP contribution in [0.4, 0.5) is 10.1 Å². The summed E-state index contributed by atoms with van der Waals surface area (Å²) >= 11 is 1.26. The van der Waals surface area contributed by atoms with Crippen LogP contribution < -0.4 is 5.73 Å². The first kappa shape index (κ1) is 12.8. The minimum atomic E-state index is -0.324. The standard InChI is InChI=1S/C12H14FNOS/c1-9(15)16-8-3-2-5-10-11(13)6-4-7-12(10)14/h2,4-7H,3,8,14H2,1H3. The van der Waals surface area contributed by atoms with Crippen molar-refractivity contribution in [3.63, 3.8) is 0 Å². The molecule has 2 N–H and O–H groups in total. The molecule has 1 rings (SSSR count). The van der Waals surface area contributed by atoms with Gasteiger partial charge in [-0.3, -0.25) is 4.79 Å². The number of anilines is 1. The SMILES string of the molecule is CC(=O)SCCC=Cc1c(N)cccc1F. The second kappa shape index (κ2) is 6.33. The molecular weight excluding hydrogens is 225 g/mol. The van der Waals surface area contributed by atoms with Gasteiger partial charge in [-0.15, -0.1) is 0 Å². The molecule has 0 aliphatic heterocycles. The van der Waals surface area contributed by atoms with Gasteiger partial charge in [0.15, 0.2) is 5.12 Å². The minimum Gasteiger partial charge on any atom is -0.398 e. The topological polar surface area (TPSA) is 43.1 Å². The largest absolute Gasteiger partial charge is 0.398 e. The molecule has 0 atom stereocenters. The van der Waals surface area contributed by atoms with Crippen LogP contribution in [-0.2, 0) is 4.79 Å². The number of hydrogen-bond acceptors (Lipinski definition) is 3. The molecule has 0 heterocycles. The highest BCUT2D eigenvalue weighted by atomic mass is 32.2. The van der Waals surface area contributed by atoms with Crippen LogP contribution in [0.3, 0.4) is 0 Å². The van der Waals surface area contributed by atoms with Gasteiger partial charge in [0.2, 0.25) is 0 Å². The van der Waals surface area contributed by atoms with E-state index in [9.17, 15) is 9.18 Å². The van der Waals surface area contributed by atoms with Gasteiger partial charge in [0.25, 0.3) is 0 Å². The highest BCUT2D eigenvalue weighted by Crippen LogP contribution is 2.17. The van der Waals surface area contributed by atoms with Crippen LogP contribution in [0.1, 0.15) is 18.9 Å². The number of carbonyl (C=O) groups excluding carboxylic acids is 1. The Morgan fingerprint density at radius 3 is 2.94 bits per heavy atom. The smallest absolute Gasteiger partial charge is 0.185 e. The lowest BCUT2D eigenvalue weighted by atomic mass is 10.1. The van der Waals surface area contributed by atoms with Crippen molar-refractivity contribution in [2.24, 2.45) is 0 Å². The summed E-state index contributed by atoms with van der Waals surface area (Å²) in [6, 6.07) is 4.61. The maximum absolute atomic E-state index is 13.3. The third kappa shape index (κ3) is 4.06. The highest BCUT2D eigenvalue weighted by molar-refractivity contribution is 8.13. The van der Waals surface area contributed by atoms with Crippen LogP contribution in [0.15, 0.2) is 24.3 Å². The molecule has 0 aromatic heterocycles. The van der Waals surface area contributed by atoms with Crippen LogP contribution in [0.2, 0.25) is 0 Å². The number of halogens is 1. The van der Waals surface area contributed by atoms with Gasteiger partial charge in [0.1, 0.15) is 5.82 Å². The molecule has 0 fully saturated rings. The van der Waals surface area contributed by atoms with Crippen LogP contribution in [-0.4, -0.2) is 10.9 Å². The molecule has 0 saturated heterocycles. The molecule has 2 nitrogen and oxygen atoms in total. The fraction of sp³-hybridized carbons (Fsp3) is 0.250. The number of benzene rings is 1. The molecular formula is C12H14FNOS. The molecule has 0 saturated carbocycles. The van der Waals surface area contributed by atoms with Crippen LogP contribution >= 0.6 is 11.8 Å².